The van der Waals surface area contributed by atoms with Crippen molar-refractivity contribution >= 4 is 23.4 Å². The van der Waals surface area contributed by atoms with E-state index < -0.39 is 48.7 Å². The van der Waals surface area contributed by atoms with Gasteiger partial charge in [-0.05, 0) is 30.3 Å². The maximum atomic E-state index is 13.5. The van der Waals surface area contributed by atoms with Crippen molar-refractivity contribution in [3.8, 4) is 0 Å². The number of nitrogens with zero attached hydrogens (tertiary/aromatic N) is 2. The summed E-state index contributed by atoms with van der Waals surface area (Å²) in [5.74, 6) is -0.894. The summed E-state index contributed by atoms with van der Waals surface area (Å²) in [4.78, 5) is 16.7. The van der Waals surface area contributed by atoms with E-state index in [0.29, 0.717) is 0 Å². The lowest BCUT2D eigenvalue weighted by Crippen LogP contribution is -2.48. The highest BCUT2D eigenvalue weighted by Gasteiger charge is 2.44. The Bertz CT molecular complexity index is 1020. The van der Waals surface area contributed by atoms with Crippen LogP contribution in [0.5, 0.6) is 0 Å². The summed E-state index contributed by atoms with van der Waals surface area (Å²) in [7, 11) is 0. The van der Waals surface area contributed by atoms with Crippen LogP contribution in [0.1, 0.15) is 17.5 Å². The molecule has 1 aromatic carbocycles. The topological polar surface area (TPSA) is 63.7 Å². The number of nitrogens with one attached hydrogen (secondary N) is 1. The molecule has 1 fully saturated rings. The number of carbonyl (C=O) groups excluding carboxylic acids is 1. The minimum absolute atomic E-state index is 0.00934. The highest BCUT2D eigenvalue weighted by Crippen LogP contribution is 2.31. The van der Waals surface area contributed by atoms with E-state index in [2.05, 4.69) is 9.72 Å². The van der Waals surface area contributed by atoms with E-state index in [9.17, 15) is 35.5 Å². The van der Waals surface area contributed by atoms with Crippen LogP contribution in [0.3, 0.4) is 0 Å². The highest BCUT2D eigenvalue weighted by atomic mass is 35.5. The number of alkyl halides is 6. The summed E-state index contributed by atoms with van der Waals surface area (Å²) in [6.45, 7) is -1.09. The predicted molar refractivity (Wildman–Crippen MR) is 106 cm³/mol. The number of anilines is 1. The number of ether oxygens (including phenoxy) is 2. The van der Waals surface area contributed by atoms with Gasteiger partial charge in [0.05, 0.1) is 17.3 Å². The molecular formula is C20H17ClF7N3O3. The quantitative estimate of drug-likeness (QED) is 0.537. The van der Waals surface area contributed by atoms with Crippen molar-refractivity contribution in [3.63, 3.8) is 0 Å². The molecule has 0 aliphatic carbocycles. The number of aromatic nitrogens is 1. The van der Waals surface area contributed by atoms with E-state index in [4.69, 9.17) is 16.3 Å². The van der Waals surface area contributed by atoms with E-state index in [1.165, 1.54) is 17.0 Å². The van der Waals surface area contributed by atoms with E-state index in [0.717, 1.165) is 24.3 Å². The van der Waals surface area contributed by atoms with Gasteiger partial charge >= 0.3 is 18.4 Å². The average Bonchev–Trinajstić information content (AvgIpc) is 2.75. The zero-order valence-electron chi connectivity index (χ0n) is 17.1. The van der Waals surface area contributed by atoms with Gasteiger partial charge in [0, 0.05) is 25.3 Å². The first-order valence-electron chi connectivity index (χ1n) is 9.70. The Hall–Kier alpha value is -2.64. The second kappa shape index (κ2) is 10.3. The van der Waals surface area contributed by atoms with Crippen molar-refractivity contribution in [2.24, 2.45) is 0 Å². The SMILES string of the molecule is O=C(Nc1ccc(Cl)c(F)c1)O[C@@H](CN1CCO[C@H](c2cccc(C(F)(F)F)n2)C1)C(F)(F)F. The number of amides is 1. The van der Waals surface area contributed by atoms with E-state index in [-0.39, 0.29) is 36.1 Å². The van der Waals surface area contributed by atoms with Gasteiger partial charge in [0.25, 0.3) is 0 Å². The Morgan fingerprint density at radius 1 is 1.24 bits per heavy atom. The van der Waals surface area contributed by atoms with Gasteiger partial charge < -0.3 is 9.47 Å². The number of carbonyl (C=O) groups is 1. The number of hydrogen-bond acceptors (Lipinski definition) is 5. The Kier molecular flexibility index (Phi) is 7.88. The van der Waals surface area contributed by atoms with E-state index >= 15 is 0 Å². The van der Waals surface area contributed by atoms with Crippen LogP contribution in [0.25, 0.3) is 0 Å². The zero-order chi connectivity index (χ0) is 25.1. The van der Waals surface area contributed by atoms with Gasteiger partial charge in [-0.1, -0.05) is 17.7 Å². The normalized spacial score (nSPS) is 18.4. The second-order valence-corrected chi connectivity index (χ2v) is 7.66. The molecule has 14 heteroatoms. The third-order valence-corrected chi connectivity index (χ3v) is 5.05. The molecule has 6 nitrogen and oxygen atoms in total. The zero-order valence-corrected chi connectivity index (χ0v) is 17.8. The number of morpholine rings is 1. The van der Waals surface area contributed by atoms with Crippen LogP contribution in [0.2, 0.25) is 5.02 Å². The van der Waals surface area contributed by atoms with E-state index in [1.807, 2.05) is 5.32 Å². The summed E-state index contributed by atoms with van der Waals surface area (Å²) in [6.07, 6.45) is -14.7. The highest BCUT2D eigenvalue weighted by molar-refractivity contribution is 6.30. The molecule has 34 heavy (non-hydrogen) atoms. The Balaban J connectivity index is 1.66. The molecule has 1 N–H and O–H groups in total. The fourth-order valence-electron chi connectivity index (χ4n) is 3.13. The Morgan fingerprint density at radius 2 is 1.97 bits per heavy atom. The molecule has 1 amide bonds. The first-order valence-corrected chi connectivity index (χ1v) is 10.1. The van der Waals surface area contributed by atoms with Gasteiger partial charge in [0.15, 0.2) is 0 Å². The summed E-state index contributed by atoms with van der Waals surface area (Å²) in [6, 6.07) is 6.25. The van der Waals surface area contributed by atoms with Crippen molar-refractivity contribution < 1.29 is 45.0 Å². The van der Waals surface area contributed by atoms with Crippen molar-refractivity contribution in [1.29, 1.82) is 0 Å². The van der Waals surface area contributed by atoms with Crippen LogP contribution >= 0.6 is 11.6 Å². The summed E-state index contributed by atoms with van der Waals surface area (Å²) in [5.41, 5.74) is -1.42. The molecule has 0 spiro atoms. The number of halogens is 8. The molecule has 2 heterocycles. The van der Waals surface area contributed by atoms with Crippen LogP contribution in [0, 0.1) is 5.82 Å². The van der Waals surface area contributed by atoms with Crippen LogP contribution < -0.4 is 5.32 Å². The molecule has 0 saturated carbocycles. The van der Waals surface area contributed by atoms with Crippen molar-refractivity contribution in [2.45, 2.75) is 24.6 Å². The fourth-order valence-corrected chi connectivity index (χ4v) is 3.25. The van der Waals surface area contributed by atoms with Crippen LogP contribution in [-0.2, 0) is 15.7 Å². The fraction of sp³-hybridized carbons (Fsp3) is 0.400. The third-order valence-electron chi connectivity index (χ3n) is 4.75. The largest absolute Gasteiger partial charge is 0.435 e. The molecule has 2 aromatic rings. The van der Waals surface area contributed by atoms with Gasteiger partial charge in [-0.25, -0.2) is 14.2 Å². The number of pyridine rings is 1. The lowest BCUT2D eigenvalue weighted by Gasteiger charge is -2.35. The minimum Gasteiger partial charge on any atom is -0.435 e. The predicted octanol–water partition coefficient (Wildman–Crippen LogP) is 5.45. The van der Waals surface area contributed by atoms with E-state index in [1.54, 1.807) is 0 Å². The number of benzene rings is 1. The maximum Gasteiger partial charge on any atom is 0.433 e. The summed E-state index contributed by atoms with van der Waals surface area (Å²) < 4.78 is 103. The number of rotatable bonds is 5. The van der Waals surface area contributed by atoms with Crippen LogP contribution in [0.4, 0.5) is 41.2 Å². The van der Waals surface area contributed by atoms with Gasteiger partial charge in [-0.2, -0.15) is 26.3 Å². The second-order valence-electron chi connectivity index (χ2n) is 7.25. The minimum atomic E-state index is -4.95. The molecule has 0 bridgehead atoms. The molecule has 1 aliphatic rings. The molecule has 3 rings (SSSR count). The standard InChI is InChI=1S/C20H17ClF7N3O3/c21-12-5-4-11(8-13(12)22)29-18(32)34-17(20(26,27)28)10-31-6-7-33-15(9-31)14-2-1-3-16(30-14)19(23,24)25/h1-5,8,15,17H,6-7,9-10H2,(H,29,32)/t15-,17-/m0/s1. The van der Waals surface area contributed by atoms with Crippen LogP contribution in [-0.4, -0.2) is 54.5 Å². The number of hydrogen-bond donors (Lipinski definition) is 1. The average molecular weight is 516 g/mol. The smallest absolute Gasteiger partial charge is 0.433 e. The molecule has 2 atom stereocenters. The first kappa shape index (κ1) is 26.0. The molecule has 0 radical (unpaired) electrons. The maximum absolute atomic E-state index is 13.5. The molecule has 1 saturated heterocycles. The lowest BCUT2D eigenvalue weighted by atomic mass is 10.1. The van der Waals surface area contributed by atoms with Crippen LogP contribution in [0.15, 0.2) is 36.4 Å². The summed E-state index contributed by atoms with van der Waals surface area (Å²) >= 11 is 5.51. The monoisotopic (exact) mass is 515 g/mol. The molecule has 1 aromatic heterocycles. The first-order chi connectivity index (χ1) is 15.8. The molecular weight excluding hydrogens is 499 g/mol. The molecule has 186 valence electrons. The molecule has 1 aliphatic heterocycles. The molecule has 0 unspecified atom stereocenters. The van der Waals surface area contributed by atoms with Gasteiger partial charge in [0.1, 0.15) is 17.6 Å². The van der Waals surface area contributed by atoms with Gasteiger partial charge in [-0.15, -0.1) is 0 Å². The Morgan fingerprint density at radius 3 is 2.62 bits per heavy atom. The third kappa shape index (κ3) is 6.93. The van der Waals surface area contributed by atoms with Crippen molar-refractivity contribution in [1.82, 2.24) is 9.88 Å². The van der Waals surface area contributed by atoms with Crippen molar-refractivity contribution in [2.75, 3.05) is 31.6 Å². The van der Waals surface area contributed by atoms with Crippen molar-refractivity contribution in [3.05, 3.63) is 58.6 Å². The Labute approximate surface area is 193 Å². The van der Waals surface area contributed by atoms with Gasteiger partial charge in [0.2, 0.25) is 6.10 Å². The lowest BCUT2D eigenvalue weighted by molar-refractivity contribution is -0.209. The van der Waals surface area contributed by atoms with Gasteiger partial charge in [-0.3, -0.25) is 10.2 Å². The summed E-state index contributed by atoms with van der Waals surface area (Å²) in [5, 5.41) is 1.74.